The summed E-state index contributed by atoms with van der Waals surface area (Å²) in [6.07, 6.45) is 6.18. The number of rotatable bonds is 3. The van der Waals surface area contributed by atoms with Gasteiger partial charge in [0, 0.05) is 12.3 Å². The molecule has 0 unspecified atom stereocenters. The van der Waals surface area contributed by atoms with Gasteiger partial charge in [0.1, 0.15) is 11.5 Å². The monoisotopic (exact) mass is 232 g/mol. The highest BCUT2D eigenvalue weighted by molar-refractivity contribution is 5.81. The van der Waals surface area contributed by atoms with Crippen LogP contribution in [0, 0.1) is 5.92 Å². The van der Waals surface area contributed by atoms with Crippen molar-refractivity contribution in [2.24, 2.45) is 5.92 Å². The first kappa shape index (κ1) is 12.2. The highest BCUT2D eigenvalue weighted by Gasteiger charge is 2.20. The maximum atomic E-state index is 11.9. The van der Waals surface area contributed by atoms with Crippen LogP contribution in [-0.4, -0.2) is 12.9 Å². The van der Waals surface area contributed by atoms with Gasteiger partial charge in [0.25, 0.3) is 0 Å². The van der Waals surface area contributed by atoms with E-state index in [4.69, 9.17) is 4.74 Å². The zero-order chi connectivity index (χ0) is 12.1. The molecule has 0 aliphatic heterocycles. The van der Waals surface area contributed by atoms with Crippen LogP contribution in [0.1, 0.15) is 37.7 Å². The Hall–Kier alpha value is -1.31. The minimum Gasteiger partial charge on any atom is -0.497 e. The first-order chi connectivity index (χ1) is 8.29. The maximum absolute atomic E-state index is 11.9. The average molecular weight is 232 g/mol. The number of hydrogen-bond acceptors (Lipinski definition) is 2. The van der Waals surface area contributed by atoms with E-state index in [1.807, 2.05) is 18.2 Å². The highest BCUT2D eigenvalue weighted by Crippen LogP contribution is 2.24. The van der Waals surface area contributed by atoms with E-state index in [0.29, 0.717) is 5.78 Å². The van der Waals surface area contributed by atoms with Crippen molar-refractivity contribution in [3.05, 3.63) is 29.8 Å². The second-order valence-electron chi connectivity index (χ2n) is 4.82. The van der Waals surface area contributed by atoms with Crippen molar-refractivity contribution >= 4 is 5.78 Å². The molecule has 0 radical (unpaired) electrons. The number of carbonyl (C=O) groups is 1. The number of benzene rings is 1. The SMILES string of the molecule is COc1cccc(C[C@H]2CCCCCC2=O)c1. The molecular formula is C15H20O2. The number of ketones is 1. The van der Waals surface area contributed by atoms with Crippen LogP contribution in [0.15, 0.2) is 24.3 Å². The van der Waals surface area contributed by atoms with Gasteiger partial charge in [0.15, 0.2) is 0 Å². The predicted molar refractivity (Wildman–Crippen MR) is 68.3 cm³/mol. The molecule has 2 nitrogen and oxygen atoms in total. The number of ether oxygens (including phenoxy) is 1. The topological polar surface area (TPSA) is 26.3 Å². The highest BCUT2D eigenvalue weighted by atomic mass is 16.5. The summed E-state index contributed by atoms with van der Waals surface area (Å²) in [6.45, 7) is 0. The van der Waals surface area contributed by atoms with Crippen LogP contribution in [0.5, 0.6) is 5.75 Å². The lowest BCUT2D eigenvalue weighted by molar-refractivity contribution is -0.122. The Morgan fingerprint density at radius 1 is 1.29 bits per heavy atom. The van der Waals surface area contributed by atoms with Crippen LogP contribution < -0.4 is 4.74 Å². The summed E-state index contributed by atoms with van der Waals surface area (Å²) in [6, 6.07) is 8.06. The average Bonchev–Trinajstić information content (AvgIpc) is 2.55. The van der Waals surface area contributed by atoms with Gasteiger partial charge in [-0.25, -0.2) is 0 Å². The molecule has 1 aliphatic carbocycles. The molecule has 0 spiro atoms. The Morgan fingerprint density at radius 2 is 2.18 bits per heavy atom. The van der Waals surface area contributed by atoms with Gasteiger partial charge < -0.3 is 4.74 Å². The standard InChI is InChI=1S/C15H20O2/c1-17-14-8-5-6-12(11-14)10-13-7-3-2-4-9-15(13)16/h5-6,8,11,13H,2-4,7,9-10H2,1H3/t13-/m1/s1. The quantitative estimate of drug-likeness (QED) is 0.747. The van der Waals surface area contributed by atoms with Crippen molar-refractivity contribution in [3.8, 4) is 5.75 Å². The normalized spacial score (nSPS) is 21.0. The largest absolute Gasteiger partial charge is 0.497 e. The zero-order valence-electron chi connectivity index (χ0n) is 10.4. The third-order valence-corrected chi connectivity index (χ3v) is 3.55. The molecule has 17 heavy (non-hydrogen) atoms. The van der Waals surface area contributed by atoms with E-state index in [0.717, 1.165) is 31.4 Å². The molecule has 1 fully saturated rings. The summed E-state index contributed by atoms with van der Waals surface area (Å²) in [5, 5.41) is 0. The van der Waals surface area contributed by atoms with Gasteiger partial charge >= 0.3 is 0 Å². The fraction of sp³-hybridized carbons (Fsp3) is 0.533. The van der Waals surface area contributed by atoms with Gasteiger partial charge in [-0.1, -0.05) is 25.0 Å². The van der Waals surface area contributed by atoms with Gasteiger partial charge in [-0.05, 0) is 37.0 Å². The Balaban J connectivity index is 2.05. The molecule has 1 saturated carbocycles. The van der Waals surface area contributed by atoms with Crippen molar-refractivity contribution in [3.63, 3.8) is 0 Å². The Bertz CT molecular complexity index is 384. The smallest absolute Gasteiger partial charge is 0.136 e. The van der Waals surface area contributed by atoms with Crippen molar-refractivity contribution < 1.29 is 9.53 Å². The molecular weight excluding hydrogens is 212 g/mol. The van der Waals surface area contributed by atoms with E-state index < -0.39 is 0 Å². The second kappa shape index (κ2) is 5.85. The molecule has 0 amide bonds. The Labute approximate surface area is 103 Å². The van der Waals surface area contributed by atoms with Gasteiger partial charge in [0.05, 0.1) is 7.11 Å². The lowest BCUT2D eigenvalue weighted by Crippen LogP contribution is -2.15. The second-order valence-corrected chi connectivity index (χ2v) is 4.82. The van der Waals surface area contributed by atoms with Crippen LogP contribution in [0.2, 0.25) is 0 Å². The summed E-state index contributed by atoms with van der Waals surface area (Å²) in [5.74, 6) is 1.55. The van der Waals surface area contributed by atoms with E-state index in [2.05, 4.69) is 6.07 Å². The van der Waals surface area contributed by atoms with Crippen LogP contribution in [0.3, 0.4) is 0 Å². The molecule has 1 aromatic rings. The molecule has 2 heteroatoms. The summed E-state index contributed by atoms with van der Waals surface area (Å²) < 4.78 is 5.21. The van der Waals surface area contributed by atoms with Crippen LogP contribution in [-0.2, 0) is 11.2 Å². The fourth-order valence-corrected chi connectivity index (χ4v) is 2.53. The Kier molecular flexibility index (Phi) is 4.18. The number of hydrogen-bond donors (Lipinski definition) is 0. The van der Waals surface area contributed by atoms with Crippen LogP contribution >= 0.6 is 0 Å². The first-order valence-electron chi connectivity index (χ1n) is 6.45. The third-order valence-electron chi connectivity index (χ3n) is 3.55. The van der Waals surface area contributed by atoms with E-state index in [-0.39, 0.29) is 5.92 Å². The number of Topliss-reactive ketones (excluding diaryl/α,β-unsaturated/α-hetero) is 1. The van der Waals surface area contributed by atoms with Gasteiger partial charge in [0.2, 0.25) is 0 Å². The first-order valence-corrected chi connectivity index (χ1v) is 6.45. The lowest BCUT2D eigenvalue weighted by atomic mass is 9.91. The molecule has 92 valence electrons. The zero-order valence-corrected chi connectivity index (χ0v) is 10.4. The van der Waals surface area contributed by atoms with E-state index in [9.17, 15) is 4.79 Å². The predicted octanol–water partition coefficient (Wildman–Crippen LogP) is 3.39. The van der Waals surface area contributed by atoms with E-state index >= 15 is 0 Å². The summed E-state index contributed by atoms with van der Waals surface area (Å²) in [7, 11) is 1.68. The molecule has 1 aromatic carbocycles. The third kappa shape index (κ3) is 3.32. The lowest BCUT2D eigenvalue weighted by Gasteiger charge is -2.13. The maximum Gasteiger partial charge on any atom is 0.136 e. The van der Waals surface area contributed by atoms with Gasteiger partial charge in [-0.2, -0.15) is 0 Å². The molecule has 0 aromatic heterocycles. The summed E-state index contributed by atoms with van der Waals surface area (Å²) in [5.41, 5.74) is 1.21. The summed E-state index contributed by atoms with van der Waals surface area (Å²) in [4.78, 5) is 11.9. The van der Waals surface area contributed by atoms with Crippen molar-refractivity contribution in [1.82, 2.24) is 0 Å². The fourth-order valence-electron chi connectivity index (χ4n) is 2.53. The van der Waals surface area contributed by atoms with Crippen LogP contribution in [0.25, 0.3) is 0 Å². The van der Waals surface area contributed by atoms with Gasteiger partial charge in [-0.3, -0.25) is 4.79 Å². The minimum atomic E-state index is 0.226. The Morgan fingerprint density at radius 3 is 3.00 bits per heavy atom. The molecule has 2 rings (SSSR count). The molecule has 0 saturated heterocycles. The van der Waals surface area contributed by atoms with Crippen LogP contribution in [0.4, 0.5) is 0 Å². The number of carbonyl (C=O) groups excluding carboxylic acids is 1. The van der Waals surface area contributed by atoms with E-state index in [1.165, 1.54) is 18.4 Å². The van der Waals surface area contributed by atoms with Crippen molar-refractivity contribution in [2.45, 2.75) is 38.5 Å². The van der Waals surface area contributed by atoms with Crippen molar-refractivity contribution in [1.29, 1.82) is 0 Å². The molecule has 0 N–H and O–H groups in total. The summed E-state index contributed by atoms with van der Waals surface area (Å²) >= 11 is 0. The molecule has 0 heterocycles. The molecule has 1 aliphatic rings. The minimum absolute atomic E-state index is 0.226. The number of methoxy groups -OCH3 is 1. The molecule has 0 bridgehead atoms. The van der Waals surface area contributed by atoms with Crippen molar-refractivity contribution in [2.75, 3.05) is 7.11 Å². The van der Waals surface area contributed by atoms with E-state index in [1.54, 1.807) is 7.11 Å². The molecule has 1 atom stereocenters. The van der Waals surface area contributed by atoms with Gasteiger partial charge in [-0.15, -0.1) is 0 Å².